The second kappa shape index (κ2) is 51.3. The van der Waals surface area contributed by atoms with E-state index in [-0.39, 0.29) is 124 Å². The fourth-order valence-electron chi connectivity index (χ4n) is 9.82. The van der Waals surface area contributed by atoms with E-state index in [2.05, 4.69) is 16.0 Å². The van der Waals surface area contributed by atoms with E-state index in [1.165, 1.54) is 27.7 Å². The maximum absolute atomic E-state index is 12.7. The Morgan fingerprint density at radius 1 is 0.459 bits per heavy atom. The topological polar surface area (TPSA) is 520 Å². The van der Waals surface area contributed by atoms with Crippen LogP contribution in [0.2, 0.25) is 0 Å². The molecule has 2 heterocycles. The number of hydrogen-bond donors (Lipinski definition) is 15. The number of aliphatic hydroxyl groups is 9. The zero-order chi connectivity index (χ0) is 73.2. The third-order valence-electron chi connectivity index (χ3n) is 15.6. The van der Waals surface area contributed by atoms with Crippen molar-refractivity contribution in [1.82, 2.24) is 16.0 Å². The maximum Gasteiger partial charge on any atom is 0.472 e. The molecule has 0 bridgehead atoms. The molecule has 580 valence electrons. The molecule has 15 N–H and O–H groups in total. The van der Waals surface area contributed by atoms with E-state index in [1.54, 1.807) is 0 Å². The number of amides is 3. The molecule has 15 unspecified atom stereocenters. The minimum absolute atomic E-state index is 0.0772. The van der Waals surface area contributed by atoms with Gasteiger partial charge in [0.05, 0.1) is 92.0 Å². The first kappa shape index (κ1) is 92.1. The number of carbonyl (C=O) groups excluding carboxylic acids is 3. The minimum atomic E-state index is -4.44. The van der Waals surface area contributed by atoms with Gasteiger partial charge in [-0.25, -0.2) is 13.7 Å². The van der Waals surface area contributed by atoms with Gasteiger partial charge in [0.25, 0.3) is 0 Å². The Morgan fingerprint density at radius 2 is 0.796 bits per heavy atom. The highest BCUT2D eigenvalue weighted by Crippen LogP contribution is 2.45. The van der Waals surface area contributed by atoms with Crippen LogP contribution in [0.5, 0.6) is 0 Å². The summed E-state index contributed by atoms with van der Waals surface area (Å²) in [5, 5.41) is 97.2. The summed E-state index contributed by atoms with van der Waals surface area (Å²) in [7, 11) is -13.3. The molecule has 0 saturated carbocycles. The molecule has 2 saturated heterocycles. The molecule has 36 nitrogen and oxygen atoms in total. The molecule has 2 aliphatic heterocycles. The first-order valence-electron chi connectivity index (χ1n) is 33.5. The van der Waals surface area contributed by atoms with E-state index < -0.39 is 159 Å². The molecule has 0 aromatic rings. The van der Waals surface area contributed by atoms with Gasteiger partial charge in [-0.15, -0.1) is 0 Å². The monoisotopic (exact) mass is 1490 g/mol. The highest BCUT2D eigenvalue weighted by atomic mass is 31.2. The smallest absolute Gasteiger partial charge is 0.394 e. The Hall–Kier alpha value is -1.98. The van der Waals surface area contributed by atoms with Gasteiger partial charge >= 0.3 is 23.5 Å². The second-order valence-electron chi connectivity index (χ2n) is 24.3. The molecule has 98 heavy (non-hydrogen) atoms. The lowest BCUT2D eigenvalue weighted by Gasteiger charge is -2.42. The van der Waals surface area contributed by atoms with Gasteiger partial charge in [0.1, 0.15) is 60.9 Å². The van der Waals surface area contributed by atoms with Crippen molar-refractivity contribution in [2.75, 3.05) is 126 Å². The normalized spacial score (nSPS) is 25.1. The summed E-state index contributed by atoms with van der Waals surface area (Å²) in [5.74, 6) is -1.55. The number of unbranched alkanes of at least 4 members (excludes halogenated alkanes) is 9. The largest absolute Gasteiger partial charge is 0.472 e. The summed E-state index contributed by atoms with van der Waals surface area (Å²) in [5.41, 5.74) is -0.805. The fourth-order valence-corrected chi connectivity index (χ4v) is 12.2. The first-order chi connectivity index (χ1) is 46.5. The Kier molecular flexibility index (Phi) is 48.2. The molecule has 0 aromatic carbocycles. The van der Waals surface area contributed by atoms with Crippen molar-refractivity contribution >= 4 is 41.2 Å². The lowest BCUT2D eigenvalue weighted by atomic mass is 9.79. The van der Waals surface area contributed by atoms with Gasteiger partial charge in [0.2, 0.25) is 17.7 Å². The zero-order valence-corrected chi connectivity index (χ0v) is 60.2. The third-order valence-corrected chi connectivity index (χ3v) is 18.7. The van der Waals surface area contributed by atoms with Crippen LogP contribution in [-0.2, 0) is 97.9 Å². The Bertz CT molecular complexity index is 2180. The predicted molar refractivity (Wildman–Crippen MR) is 345 cm³/mol. The van der Waals surface area contributed by atoms with E-state index in [4.69, 9.17) is 69.8 Å². The minimum Gasteiger partial charge on any atom is -0.394 e. The van der Waals surface area contributed by atoms with Crippen LogP contribution in [0.3, 0.4) is 0 Å². The predicted octanol–water partition coefficient (Wildman–Crippen LogP) is 0.450. The van der Waals surface area contributed by atoms with Gasteiger partial charge in [-0.05, 0) is 70.6 Å². The average Bonchev–Trinajstić information content (AvgIpc) is 0.816. The van der Waals surface area contributed by atoms with Gasteiger partial charge < -0.3 is 119 Å². The van der Waals surface area contributed by atoms with E-state index in [0.717, 1.165) is 0 Å². The number of carbonyl (C=O) groups is 3. The lowest BCUT2D eigenvalue weighted by Crippen LogP contribution is -2.64. The van der Waals surface area contributed by atoms with Crippen molar-refractivity contribution in [2.45, 2.75) is 224 Å². The van der Waals surface area contributed by atoms with Gasteiger partial charge in [-0.2, -0.15) is 0 Å². The number of phosphoric acid groups is 3. The summed E-state index contributed by atoms with van der Waals surface area (Å²) in [6.07, 6.45) is -6.66. The Balaban J connectivity index is 1.85. The van der Waals surface area contributed by atoms with Gasteiger partial charge in [-0.1, -0.05) is 52.4 Å². The number of aliphatic hydroxyl groups excluding tert-OH is 9. The van der Waals surface area contributed by atoms with Crippen molar-refractivity contribution in [3.8, 4) is 0 Å². The van der Waals surface area contributed by atoms with E-state index in [9.17, 15) is 88.7 Å². The van der Waals surface area contributed by atoms with Crippen LogP contribution >= 0.6 is 23.5 Å². The van der Waals surface area contributed by atoms with Crippen LogP contribution in [0.15, 0.2) is 0 Å². The molecule has 3 amide bonds. The standard InChI is InChI=1S/C59H116N3O33P3/c1-41(2)59(38-81-22-19-31-90-96(75,76)87-28-16-10-7-13-25-84-56(46(34-63)60-43(4)68)93-47(35-64)42(3)67,39-82-23-20-32-91-97(77,78)88-29-17-11-8-14-26-85-57-50(61-44(5)69)54(73)52(71)48(36-65)94-57)40-83-24-21-33-92-98(79,80)89-30-18-12-9-15-27-86-58-51(62-45(6)70)55(74)53(72)49(37-66)95-58/h41-42,46-58,63-67,71-74H,7-40H2,1-6H3,(H,60,68)(H,61,69)(H,62,70)(H,75,76)(H,77,78)(H,79,80)/t42-,46+,47?,48?,49?,50?,51?,52?,53?,54?,55?,56?,57?,58?,59?/m1/s1. The third kappa shape index (κ3) is 38.7. The summed E-state index contributed by atoms with van der Waals surface area (Å²) in [4.78, 5) is 66.0. The van der Waals surface area contributed by atoms with Crippen LogP contribution in [-0.4, -0.2) is 290 Å². The van der Waals surface area contributed by atoms with Crippen LogP contribution in [0.4, 0.5) is 0 Å². The summed E-state index contributed by atoms with van der Waals surface area (Å²) in [6, 6.07) is -3.10. The molecule has 17 atom stereocenters. The van der Waals surface area contributed by atoms with Gasteiger partial charge in [0.15, 0.2) is 18.9 Å². The first-order valence-corrected chi connectivity index (χ1v) is 38.0. The van der Waals surface area contributed by atoms with Crippen molar-refractivity contribution in [3.63, 3.8) is 0 Å². The maximum atomic E-state index is 12.7. The number of nitrogens with one attached hydrogen (secondary N) is 3. The molecule has 2 fully saturated rings. The van der Waals surface area contributed by atoms with E-state index >= 15 is 0 Å². The summed E-state index contributed by atoms with van der Waals surface area (Å²) in [6.45, 7) is 6.83. The van der Waals surface area contributed by atoms with Gasteiger partial charge in [-0.3, -0.25) is 41.5 Å². The van der Waals surface area contributed by atoms with E-state index in [1.807, 2.05) is 13.8 Å². The molecular formula is C59H116N3O33P3. The van der Waals surface area contributed by atoms with Crippen LogP contribution < -0.4 is 16.0 Å². The highest BCUT2D eigenvalue weighted by Gasteiger charge is 2.47. The van der Waals surface area contributed by atoms with Crippen molar-refractivity contribution < 1.29 is 158 Å². The number of rotatable bonds is 60. The molecule has 2 aliphatic rings. The molecule has 0 aromatic heterocycles. The number of phosphoric ester groups is 3. The molecule has 0 spiro atoms. The highest BCUT2D eigenvalue weighted by molar-refractivity contribution is 7.47. The Labute approximate surface area is 574 Å². The van der Waals surface area contributed by atoms with Crippen LogP contribution in [0.1, 0.15) is 138 Å². The SMILES string of the molecule is CC(=O)NC1C(OCCCCCCOP(=O)(O)OCCCOCC(COCCCOP(=O)(O)OCCCCCCOC2OC(CO)C(O)C(O)C2NC(C)=O)(COCCCOP(=O)(O)OCCCCCCOC(OC(CO)[C@@H](C)O)[C@H](CO)NC(C)=O)C(C)C)OC(CO)C(O)C1O. The molecule has 0 radical (unpaired) electrons. The fraction of sp³-hybridized carbons (Fsp3) is 0.949. The molecule has 0 aliphatic carbocycles. The van der Waals surface area contributed by atoms with Crippen molar-refractivity contribution in [1.29, 1.82) is 0 Å². The summed E-state index contributed by atoms with van der Waals surface area (Å²) >= 11 is 0. The number of hydrogen-bond acceptors (Lipinski definition) is 30. The van der Waals surface area contributed by atoms with Crippen LogP contribution in [0, 0.1) is 11.3 Å². The molecule has 2 rings (SSSR count). The average molecular weight is 1490 g/mol. The molecule has 39 heteroatoms. The van der Waals surface area contributed by atoms with Crippen molar-refractivity contribution in [3.05, 3.63) is 0 Å². The van der Waals surface area contributed by atoms with Crippen LogP contribution in [0.25, 0.3) is 0 Å². The van der Waals surface area contributed by atoms with Crippen molar-refractivity contribution in [2.24, 2.45) is 11.3 Å². The Morgan fingerprint density at radius 3 is 1.09 bits per heavy atom. The number of ether oxygens (including phenoxy) is 9. The summed E-state index contributed by atoms with van der Waals surface area (Å²) < 4.78 is 121. The van der Waals surface area contributed by atoms with E-state index in [0.29, 0.717) is 77.0 Å². The van der Waals surface area contributed by atoms with Gasteiger partial charge in [0, 0.05) is 65.8 Å². The second-order valence-corrected chi connectivity index (χ2v) is 28.7. The zero-order valence-electron chi connectivity index (χ0n) is 57.5. The lowest BCUT2D eigenvalue weighted by molar-refractivity contribution is -0.270. The molecular weight excluding hydrogens is 1370 g/mol. The quantitative estimate of drug-likeness (QED) is 0.0223.